The molecule has 1 aromatic rings. The maximum Gasteiger partial charge on any atom is 0.336 e. The van der Waals surface area contributed by atoms with Crippen LogP contribution in [0.2, 0.25) is 5.02 Å². The lowest BCUT2D eigenvalue weighted by Crippen LogP contribution is -3.06. The monoisotopic (exact) mass is 387 g/mol. The quantitative estimate of drug-likeness (QED) is 0.629. The third-order valence-electron chi connectivity index (χ3n) is 1.88. The van der Waals surface area contributed by atoms with Crippen LogP contribution in [0, 0.1) is 3.57 Å². The van der Waals surface area contributed by atoms with Gasteiger partial charge in [-0.25, -0.2) is 4.79 Å². The smallest absolute Gasteiger partial charge is 0.336 e. The topological polar surface area (TPSA) is 85.0 Å². The van der Waals surface area contributed by atoms with Crippen LogP contribution in [0.4, 0.5) is 0 Å². The Balaban J connectivity index is 0.000000411. The largest absolute Gasteiger partial charge is 0.871 e. The first-order valence-electron chi connectivity index (χ1n) is 5.09. The van der Waals surface area contributed by atoms with Crippen molar-refractivity contribution in [3.63, 3.8) is 0 Å². The first kappa shape index (κ1) is 17.4. The number of likely N-dealkylation sites (N-methyl/N-ethyl adjacent to an activating group) is 1. The minimum absolute atomic E-state index is 0.0622. The number of nitrogens with one attached hydrogen (secondary N) is 1. The van der Waals surface area contributed by atoms with Crippen molar-refractivity contribution in [2.75, 3.05) is 27.2 Å². The van der Waals surface area contributed by atoms with E-state index in [1.54, 1.807) is 22.6 Å². The van der Waals surface area contributed by atoms with Gasteiger partial charge in [-0.3, -0.25) is 0 Å². The number of rotatable bonds is 3. The van der Waals surface area contributed by atoms with Gasteiger partial charge in [0.1, 0.15) is 6.54 Å². The second-order valence-electron chi connectivity index (χ2n) is 3.72. The first-order chi connectivity index (χ1) is 8.31. The summed E-state index contributed by atoms with van der Waals surface area (Å²) < 4.78 is 0.398. The standard InChI is InChI=1S/C7H4ClIO3.C4H11NO/c8-3-1-2-4(9)5(6(3)10)7(11)12;1-5(2)3-4-6/h1-2,10H,(H,11,12);6H,3-4H2,1-2H3. The van der Waals surface area contributed by atoms with E-state index in [2.05, 4.69) is 0 Å². The van der Waals surface area contributed by atoms with Crippen LogP contribution in [0.1, 0.15) is 10.4 Å². The maximum atomic E-state index is 11.1. The van der Waals surface area contributed by atoms with Crippen LogP contribution in [0.5, 0.6) is 5.75 Å². The Morgan fingerprint density at radius 3 is 2.33 bits per heavy atom. The lowest BCUT2D eigenvalue weighted by molar-refractivity contribution is -0.858. The number of halogens is 2. The van der Waals surface area contributed by atoms with Crippen molar-refractivity contribution >= 4 is 40.2 Å². The van der Waals surface area contributed by atoms with Crippen LogP contribution in [0.25, 0.3) is 0 Å². The molecule has 0 aliphatic heterocycles. The third kappa shape index (κ3) is 5.85. The van der Waals surface area contributed by atoms with E-state index in [9.17, 15) is 9.90 Å². The van der Waals surface area contributed by atoms with Crippen LogP contribution in [-0.2, 0) is 0 Å². The average molecular weight is 388 g/mol. The molecule has 1 rings (SSSR count). The lowest BCUT2D eigenvalue weighted by Gasteiger charge is -2.13. The van der Waals surface area contributed by atoms with Crippen molar-refractivity contribution in [2.45, 2.75) is 0 Å². The molecule has 0 aromatic heterocycles. The van der Waals surface area contributed by atoms with Crippen LogP contribution in [0.3, 0.4) is 0 Å². The highest BCUT2D eigenvalue weighted by molar-refractivity contribution is 14.1. The Morgan fingerprint density at radius 1 is 1.50 bits per heavy atom. The molecule has 0 saturated carbocycles. The fourth-order valence-corrected chi connectivity index (χ4v) is 1.77. The van der Waals surface area contributed by atoms with Crippen molar-refractivity contribution in [3.8, 4) is 5.75 Å². The van der Waals surface area contributed by atoms with E-state index in [1.807, 2.05) is 14.1 Å². The van der Waals surface area contributed by atoms with Gasteiger partial charge in [-0.05, 0) is 34.7 Å². The first-order valence-corrected chi connectivity index (χ1v) is 6.55. The highest BCUT2D eigenvalue weighted by Gasteiger charge is 2.10. The van der Waals surface area contributed by atoms with Gasteiger partial charge in [0.25, 0.3) is 0 Å². The number of hydrogen-bond donors (Lipinski definition) is 3. The van der Waals surface area contributed by atoms with Gasteiger partial charge in [-0.2, -0.15) is 0 Å². The Bertz CT molecular complexity index is 412. The van der Waals surface area contributed by atoms with Gasteiger partial charge >= 0.3 is 5.97 Å². The molecule has 7 heteroatoms. The van der Waals surface area contributed by atoms with E-state index in [0.29, 0.717) is 10.2 Å². The van der Waals surface area contributed by atoms with Crippen LogP contribution in [0.15, 0.2) is 12.1 Å². The zero-order chi connectivity index (χ0) is 14.3. The van der Waals surface area contributed by atoms with E-state index < -0.39 is 11.7 Å². The molecule has 0 atom stereocenters. The highest BCUT2D eigenvalue weighted by Crippen LogP contribution is 2.28. The van der Waals surface area contributed by atoms with Gasteiger partial charge < -0.3 is 20.2 Å². The molecule has 0 aliphatic carbocycles. The summed E-state index contributed by atoms with van der Waals surface area (Å²) in [4.78, 5) is 11.8. The van der Waals surface area contributed by atoms with Crippen LogP contribution in [-0.4, -0.2) is 43.4 Å². The molecule has 0 amide bonds. The zero-order valence-corrected chi connectivity index (χ0v) is 12.9. The predicted octanol–water partition coefficient (Wildman–Crippen LogP) is -0.160. The summed E-state index contributed by atoms with van der Waals surface area (Å²) in [7, 11) is 4.02. The molecule has 1 aromatic carbocycles. The Labute approximate surface area is 124 Å². The number of carboxylic acid groups (broad SMARTS) is 1. The molecule has 0 bridgehead atoms. The molecule has 0 spiro atoms. The summed E-state index contributed by atoms with van der Waals surface area (Å²) in [6.07, 6.45) is 0. The van der Waals surface area contributed by atoms with E-state index in [4.69, 9.17) is 21.8 Å². The average Bonchev–Trinajstić information content (AvgIpc) is 2.24. The van der Waals surface area contributed by atoms with Gasteiger partial charge in [0.2, 0.25) is 0 Å². The molecule has 0 fully saturated rings. The van der Waals surface area contributed by atoms with Gasteiger partial charge in [0.15, 0.2) is 0 Å². The SMILES string of the molecule is C[NH+](C)CCO.O=C(O)c1c(I)ccc(Cl)c1[O-]. The lowest BCUT2D eigenvalue weighted by atomic mass is 10.2. The molecular weight excluding hydrogens is 372 g/mol. The van der Waals surface area contributed by atoms with Crippen LogP contribution >= 0.6 is 34.2 Å². The van der Waals surface area contributed by atoms with E-state index in [-0.39, 0.29) is 10.6 Å². The molecule has 0 saturated heterocycles. The Kier molecular flexibility index (Phi) is 8.25. The predicted molar refractivity (Wildman–Crippen MR) is 75.3 cm³/mol. The van der Waals surface area contributed by atoms with E-state index >= 15 is 0 Å². The number of quaternary nitrogens is 1. The van der Waals surface area contributed by atoms with Crippen LogP contribution < -0.4 is 10.0 Å². The van der Waals surface area contributed by atoms with Crippen molar-refractivity contribution in [1.82, 2.24) is 0 Å². The molecule has 3 N–H and O–H groups in total. The molecule has 0 radical (unpaired) electrons. The summed E-state index contributed by atoms with van der Waals surface area (Å²) in [5.74, 6) is -1.87. The zero-order valence-electron chi connectivity index (χ0n) is 10.0. The molecule has 0 heterocycles. The molecule has 5 nitrogen and oxygen atoms in total. The fourth-order valence-electron chi connectivity index (χ4n) is 0.956. The second-order valence-corrected chi connectivity index (χ2v) is 5.29. The second kappa shape index (κ2) is 8.52. The number of aliphatic hydroxyl groups excluding tert-OH is 1. The highest BCUT2D eigenvalue weighted by atomic mass is 127. The summed E-state index contributed by atoms with van der Waals surface area (Å²) >= 11 is 7.23. The third-order valence-corrected chi connectivity index (χ3v) is 3.08. The summed E-state index contributed by atoms with van der Waals surface area (Å²) in [5, 5.41) is 27.9. The Morgan fingerprint density at radius 2 is 2.06 bits per heavy atom. The molecule has 0 unspecified atom stereocenters. The van der Waals surface area contributed by atoms with Gasteiger partial charge in [0, 0.05) is 8.59 Å². The minimum Gasteiger partial charge on any atom is -0.871 e. The molecule has 0 aliphatic rings. The van der Waals surface area contributed by atoms with Crippen molar-refractivity contribution in [3.05, 3.63) is 26.3 Å². The maximum absolute atomic E-state index is 11.1. The Hall–Kier alpha value is -0.570. The minimum atomic E-state index is -1.24. The summed E-state index contributed by atoms with van der Waals surface area (Å²) in [6.45, 7) is 1.14. The summed E-state index contributed by atoms with van der Waals surface area (Å²) in [6, 6.07) is 2.88. The number of carbonyl (C=O) groups is 1. The van der Waals surface area contributed by atoms with Crippen molar-refractivity contribution in [2.24, 2.45) is 0 Å². The molecule has 102 valence electrons. The van der Waals surface area contributed by atoms with E-state index in [1.165, 1.54) is 17.0 Å². The number of aromatic carboxylic acids is 1. The van der Waals surface area contributed by atoms with Gasteiger partial charge in [-0.15, -0.1) is 0 Å². The number of hydrogen-bond acceptors (Lipinski definition) is 3. The number of benzene rings is 1. The molecule has 18 heavy (non-hydrogen) atoms. The normalized spacial score (nSPS) is 9.89. The van der Waals surface area contributed by atoms with Gasteiger partial charge in [-0.1, -0.05) is 17.4 Å². The number of aliphatic hydroxyl groups is 1. The number of carboxylic acids is 1. The van der Waals surface area contributed by atoms with Gasteiger partial charge in [0.05, 0.1) is 26.3 Å². The molecular formula is C11H15ClINO4. The van der Waals surface area contributed by atoms with E-state index in [0.717, 1.165) is 6.54 Å². The summed E-state index contributed by atoms with van der Waals surface area (Å²) in [5.41, 5.74) is -0.261. The van der Waals surface area contributed by atoms with Crippen molar-refractivity contribution in [1.29, 1.82) is 0 Å². The van der Waals surface area contributed by atoms with Crippen molar-refractivity contribution < 1.29 is 25.0 Å². The fraction of sp³-hybridized carbons (Fsp3) is 0.364.